The normalized spacial score (nSPS) is 15.3. The molecule has 0 atom stereocenters. The van der Waals surface area contributed by atoms with E-state index in [1.807, 2.05) is 0 Å². The van der Waals surface area contributed by atoms with Gasteiger partial charge in [0.15, 0.2) is 6.61 Å². The number of amides is 1. The number of pyridine rings is 1. The molecule has 1 aromatic heterocycles. The Kier molecular flexibility index (Phi) is 4.28. The average molecular weight is 248 g/mol. The largest absolute Gasteiger partial charge is 0.452 e. The van der Waals surface area contributed by atoms with Crippen molar-refractivity contribution in [1.82, 2.24) is 10.3 Å². The third-order valence-electron chi connectivity index (χ3n) is 2.97. The van der Waals surface area contributed by atoms with Crippen molar-refractivity contribution >= 4 is 11.9 Å². The molecule has 2 rings (SSSR count). The Balaban J connectivity index is 1.74. The Bertz CT molecular complexity index is 414. The minimum Gasteiger partial charge on any atom is -0.452 e. The highest BCUT2D eigenvalue weighted by molar-refractivity contribution is 5.91. The molecule has 0 aromatic carbocycles. The van der Waals surface area contributed by atoms with Crippen molar-refractivity contribution in [1.29, 1.82) is 0 Å². The number of carbonyl (C=O) groups is 2. The first-order valence-electron chi connectivity index (χ1n) is 6.12. The standard InChI is InChI=1S/C13H16N2O3/c16-12(15-11-3-1-2-4-11)9-18-13(17)10-5-7-14-8-6-10/h5-8,11H,1-4,9H2,(H,15,16). The molecule has 0 aliphatic heterocycles. The average Bonchev–Trinajstić information content (AvgIpc) is 2.90. The lowest BCUT2D eigenvalue weighted by atomic mass is 10.2. The van der Waals surface area contributed by atoms with Gasteiger partial charge in [-0.3, -0.25) is 9.78 Å². The van der Waals surface area contributed by atoms with Crippen LogP contribution in [0.3, 0.4) is 0 Å². The van der Waals surface area contributed by atoms with Crippen LogP contribution in [0.1, 0.15) is 36.0 Å². The lowest BCUT2D eigenvalue weighted by Crippen LogP contribution is -2.35. The molecule has 1 aliphatic carbocycles. The van der Waals surface area contributed by atoms with Gasteiger partial charge >= 0.3 is 5.97 Å². The van der Waals surface area contributed by atoms with Crippen molar-refractivity contribution in [3.05, 3.63) is 30.1 Å². The summed E-state index contributed by atoms with van der Waals surface area (Å²) < 4.78 is 4.92. The van der Waals surface area contributed by atoms with Crippen molar-refractivity contribution in [3.63, 3.8) is 0 Å². The van der Waals surface area contributed by atoms with Gasteiger partial charge in [0.1, 0.15) is 0 Å². The van der Waals surface area contributed by atoms with Crippen LogP contribution in [0.25, 0.3) is 0 Å². The van der Waals surface area contributed by atoms with Gasteiger partial charge in [0.05, 0.1) is 5.56 Å². The molecule has 1 aliphatic rings. The van der Waals surface area contributed by atoms with Gasteiger partial charge in [-0.15, -0.1) is 0 Å². The Morgan fingerprint density at radius 2 is 1.94 bits per heavy atom. The zero-order valence-corrected chi connectivity index (χ0v) is 10.1. The van der Waals surface area contributed by atoms with Crippen LogP contribution in [0.2, 0.25) is 0 Å². The van der Waals surface area contributed by atoms with E-state index in [0.29, 0.717) is 5.56 Å². The number of carbonyl (C=O) groups excluding carboxylic acids is 2. The van der Waals surface area contributed by atoms with E-state index >= 15 is 0 Å². The lowest BCUT2D eigenvalue weighted by Gasteiger charge is -2.11. The predicted octanol–water partition coefficient (Wildman–Crippen LogP) is 1.30. The van der Waals surface area contributed by atoms with Gasteiger partial charge in [0, 0.05) is 18.4 Å². The Morgan fingerprint density at radius 3 is 2.61 bits per heavy atom. The van der Waals surface area contributed by atoms with Crippen molar-refractivity contribution in [3.8, 4) is 0 Å². The van der Waals surface area contributed by atoms with Crippen LogP contribution in [0.4, 0.5) is 0 Å². The zero-order valence-electron chi connectivity index (χ0n) is 10.1. The van der Waals surface area contributed by atoms with Gasteiger partial charge in [0.2, 0.25) is 0 Å². The zero-order chi connectivity index (χ0) is 12.8. The molecule has 0 spiro atoms. The third kappa shape index (κ3) is 3.55. The van der Waals surface area contributed by atoms with Crippen LogP contribution in [0.15, 0.2) is 24.5 Å². The minimum absolute atomic E-state index is 0.225. The maximum absolute atomic E-state index is 11.6. The van der Waals surface area contributed by atoms with Crippen molar-refractivity contribution < 1.29 is 14.3 Å². The van der Waals surface area contributed by atoms with E-state index in [-0.39, 0.29) is 18.6 Å². The quantitative estimate of drug-likeness (QED) is 0.815. The number of esters is 1. The van der Waals surface area contributed by atoms with Gasteiger partial charge in [-0.2, -0.15) is 0 Å². The van der Waals surface area contributed by atoms with Crippen LogP contribution < -0.4 is 5.32 Å². The molecule has 5 nitrogen and oxygen atoms in total. The fraction of sp³-hybridized carbons (Fsp3) is 0.462. The monoisotopic (exact) mass is 248 g/mol. The summed E-state index contributed by atoms with van der Waals surface area (Å²) in [5.74, 6) is -0.733. The summed E-state index contributed by atoms with van der Waals surface area (Å²) in [4.78, 5) is 26.9. The van der Waals surface area contributed by atoms with E-state index in [1.54, 1.807) is 12.1 Å². The second kappa shape index (κ2) is 6.14. The smallest absolute Gasteiger partial charge is 0.338 e. The van der Waals surface area contributed by atoms with E-state index in [2.05, 4.69) is 10.3 Å². The van der Waals surface area contributed by atoms with Crippen LogP contribution >= 0.6 is 0 Å². The second-order valence-corrected chi connectivity index (χ2v) is 4.36. The summed E-state index contributed by atoms with van der Waals surface area (Å²) in [6.45, 7) is -0.225. The van der Waals surface area contributed by atoms with Crippen molar-refractivity contribution in [2.45, 2.75) is 31.7 Å². The lowest BCUT2D eigenvalue weighted by molar-refractivity contribution is -0.124. The summed E-state index contributed by atoms with van der Waals surface area (Å²) in [6, 6.07) is 3.35. The van der Waals surface area contributed by atoms with E-state index in [0.717, 1.165) is 25.7 Å². The molecule has 1 amide bonds. The van der Waals surface area contributed by atoms with Gasteiger partial charge in [-0.1, -0.05) is 12.8 Å². The van der Waals surface area contributed by atoms with Gasteiger partial charge in [-0.05, 0) is 25.0 Å². The predicted molar refractivity (Wildman–Crippen MR) is 64.9 cm³/mol. The van der Waals surface area contributed by atoms with Crippen molar-refractivity contribution in [2.24, 2.45) is 0 Å². The first kappa shape index (κ1) is 12.5. The number of aromatic nitrogens is 1. The number of ether oxygens (including phenoxy) is 1. The molecule has 0 radical (unpaired) electrons. The van der Waals surface area contributed by atoms with Gasteiger partial charge < -0.3 is 10.1 Å². The first-order valence-corrected chi connectivity index (χ1v) is 6.12. The maximum Gasteiger partial charge on any atom is 0.338 e. The Labute approximate surface area is 106 Å². The number of nitrogens with one attached hydrogen (secondary N) is 1. The number of rotatable bonds is 4. The molecule has 1 heterocycles. The minimum atomic E-state index is -0.501. The molecular formula is C13H16N2O3. The summed E-state index contributed by atoms with van der Waals surface area (Å²) in [5.41, 5.74) is 0.402. The highest BCUT2D eigenvalue weighted by atomic mass is 16.5. The van der Waals surface area contributed by atoms with Crippen LogP contribution in [0, 0.1) is 0 Å². The molecule has 1 saturated carbocycles. The first-order chi connectivity index (χ1) is 8.75. The Hall–Kier alpha value is -1.91. The van der Waals surface area contributed by atoms with E-state index in [9.17, 15) is 9.59 Å². The van der Waals surface area contributed by atoms with E-state index in [4.69, 9.17) is 4.74 Å². The summed E-state index contributed by atoms with van der Waals surface area (Å²) in [6.07, 6.45) is 7.36. The van der Waals surface area contributed by atoms with Gasteiger partial charge in [0.25, 0.3) is 5.91 Å². The fourth-order valence-corrected chi connectivity index (χ4v) is 2.04. The van der Waals surface area contributed by atoms with Crippen LogP contribution in [-0.4, -0.2) is 29.5 Å². The molecule has 0 unspecified atom stereocenters. The Morgan fingerprint density at radius 1 is 1.28 bits per heavy atom. The number of hydrogen-bond acceptors (Lipinski definition) is 4. The molecule has 0 saturated heterocycles. The summed E-state index contributed by atoms with van der Waals surface area (Å²) >= 11 is 0. The topological polar surface area (TPSA) is 68.3 Å². The molecule has 18 heavy (non-hydrogen) atoms. The molecule has 1 N–H and O–H groups in total. The SMILES string of the molecule is O=C(COC(=O)c1ccncc1)NC1CCCC1. The number of hydrogen-bond donors (Lipinski definition) is 1. The van der Waals surface area contributed by atoms with E-state index in [1.165, 1.54) is 12.4 Å². The summed E-state index contributed by atoms with van der Waals surface area (Å²) in [5, 5.41) is 2.86. The molecule has 5 heteroatoms. The third-order valence-corrected chi connectivity index (χ3v) is 2.97. The molecular weight excluding hydrogens is 232 g/mol. The number of nitrogens with zero attached hydrogens (tertiary/aromatic N) is 1. The van der Waals surface area contributed by atoms with E-state index < -0.39 is 5.97 Å². The molecule has 1 fully saturated rings. The maximum atomic E-state index is 11.6. The molecule has 0 bridgehead atoms. The van der Waals surface area contributed by atoms with Crippen molar-refractivity contribution in [2.75, 3.05) is 6.61 Å². The second-order valence-electron chi connectivity index (χ2n) is 4.36. The fourth-order valence-electron chi connectivity index (χ4n) is 2.04. The van der Waals surface area contributed by atoms with Crippen LogP contribution in [-0.2, 0) is 9.53 Å². The van der Waals surface area contributed by atoms with Crippen LogP contribution in [0.5, 0.6) is 0 Å². The highest BCUT2D eigenvalue weighted by Gasteiger charge is 2.18. The highest BCUT2D eigenvalue weighted by Crippen LogP contribution is 2.17. The summed E-state index contributed by atoms with van der Waals surface area (Å²) in [7, 11) is 0. The molecule has 1 aromatic rings. The van der Waals surface area contributed by atoms with Gasteiger partial charge in [-0.25, -0.2) is 4.79 Å². The molecule has 96 valence electrons.